The van der Waals surface area contributed by atoms with Crippen molar-refractivity contribution in [1.29, 1.82) is 0 Å². The maximum absolute atomic E-state index is 5.27. The van der Waals surface area contributed by atoms with Crippen molar-refractivity contribution in [1.82, 2.24) is 15.3 Å². The molecule has 0 atom stereocenters. The van der Waals surface area contributed by atoms with Gasteiger partial charge in [-0.15, -0.1) is 0 Å². The minimum absolute atomic E-state index is 0.787. The SMILES string of the molecule is CON(C)CCN(C1CCCCC1)C1CCNCC1. The molecule has 1 aliphatic heterocycles. The van der Waals surface area contributed by atoms with Crippen LogP contribution in [-0.4, -0.2) is 62.4 Å². The van der Waals surface area contributed by atoms with Crippen molar-refractivity contribution in [2.24, 2.45) is 0 Å². The molecule has 112 valence electrons. The first kappa shape index (κ1) is 15.2. The van der Waals surface area contributed by atoms with E-state index < -0.39 is 0 Å². The van der Waals surface area contributed by atoms with Crippen molar-refractivity contribution in [3.63, 3.8) is 0 Å². The molecule has 0 bridgehead atoms. The zero-order valence-corrected chi connectivity index (χ0v) is 12.7. The van der Waals surface area contributed by atoms with E-state index in [2.05, 4.69) is 10.2 Å². The van der Waals surface area contributed by atoms with Crippen molar-refractivity contribution in [3.05, 3.63) is 0 Å². The summed E-state index contributed by atoms with van der Waals surface area (Å²) in [4.78, 5) is 8.07. The number of hydroxylamine groups is 2. The first-order valence-corrected chi connectivity index (χ1v) is 8.03. The van der Waals surface area contributed by atoms with Gasteiger partial charge in [0.2, 0.25) is 0 Å². The van der Waals surface area contributed by atoms with Gasteiger partial charge in [-0.2, -0.15) is 5.06 Å². The summed E-state index contributed by atoms with van der Waals surface area (Å²) in [5.41, 5.74) is 0. The zero-order chi connectivity index (χ0) is 13.5. The van der Waals surface area contributed by atoms with Gasteiger partial charge in [0.1, 0.15) is 0 Å². The molecular weight excluding hydrogens is 238 g/mol. The fourth-order valence-electron chi connectivity index (χ4n) is 3.56. The molecule has 2 fully saturated rings. The number of piperidine rings is 1. The van der Waals surface area contributed by atoms with Gasteiger partial charge in [0.05, 0.1) is 7.11 Å². The number of nitrogens with zero attached hydrogens (tertiary/aromatic N) is 2. The molecule has 4 nitrogen and oxygen atoms in total. The topological polar surface area (TPSA) is 27.7 Å². The second-order valence-corrected chi connectivity index (χ2v) is 6.04. The molecule has 1 N–H and O–H groups in total. The molecule has 0 aromatic carbocycles. The highest BCUT2D eigenvalue weighted by Gasteiger charge is 2.28. The molecular formula is C15H31N3O. The standard InChI is InChI=1S/C15H31N3O/c1-17(19-2)12-13-18(14-6-4-3-5-7-14)15-8-10-16-11-9-15/h14-16H,3-13H2,1-2H3. The Hall–Kier alpha value is -0.160. The zero-order valence-electron chi connectivity index (χ0n) is 12.7. The molecule has 1 saturated carbocycles. The number of nitrogens with one attached hydrogen (secondary N) is 1. The molecule has 1 heterocycles. The molecule has 19 heavy (non-hydrogen) atoms. The van der Waals surface area contributed by atoms with Gasteiger partial charge in [-0.05, 0) is 38.8 Å². The van der Waals surface area contributed by atoms with Crippen molar-refractivity contribution in [2.75, 3.05) is 40.3 Å². The van der Waals surface area contributed by atoms with Crippen LogP contribution in [0.25, 0.3) is 0 Å². The average molecular weight is 269 g/mol. The normalized spacial score (nSPS) is 23.4. The highest BCUT2D eigenvalue weighted by molar-refractivity contribution is 4.85. The Bertz CT molecular complexity index is 220. The molecule has 0 aromatic heterocycles. The van der Waals surface area contributed by atoms with Crippen molar-refractivity contribution < 1.29 is 4.84 Å². The van der Waals surface area contributed by atoms with Crippen LogP contribution in [0.1, 0.15) is 44.9 Å². The summed E-state index contributed by atoms with van der Waals surface area (Å²) in [7, 11) is 3.79. The Balaban J connectivity index is 1.90. The minimum Gasteiger partial charge on any atom is -0.317 e. The van der Waals surface area contributed by atoms with Gasteiger partial charge >= 0.3 is 0 Å². The third-order valence-corrected chi connectivity index (χ3v) is 4.81. The van der Waals surface area contributed by atoms with Gasteiger partial charge in [-0.1, -0.05) is 19.3 Å². The number of hydrogen-bond donors (Lipinski definition) is 1. The lowest BCUT2D eigenvalue weighted by molar-refractivity contribution is -0.116. The molecule has 0 aromatic rings. The van der Waals surface area contributed by atoms with E-state index in [1.54, 1.807) is 7.11 Å². The maximum atomic E-state index is 5.27. The Kier molecular flexibility index (Phi) is 6.57. The lowest BCUT2D eigenvalue weighted by Crippen LogP contribution is -2.50. The van der Waals surface area contributed by atoms with Gasteiger partial charge in [0.25, 0.3) is 0 Å². The van der Waals surface area contributed by atoms with Crippen LogP contribution in [-0.2, 0) is 4.84 Å². The summed E-state index contributed by atoms with van der Waals surface area (Å²) in [6.45, 7) is 4.54. The lowest BCUT2D eigenvalue weighted by atomic mass is 9.91. The van der Waals surface area contributed by atoms with E-state index >= 15 is 0 Å². The maximum Gasteiger partial charge on any atom is 0.0575 e. The van der Waals surface area contributed by atoms with Gasteiger partial charge in [0.15, 0.2) is 0 Å². The van der Waals surface area contributed by atoms with E-state index in [4.69, 9.17) is 4.84 Å². The molecule has 1 aliphatic carbocycles. The number of rotatable bonds is 6. The van der Waals surface area contributed by atoms with Crippen LogP contribution >= 0.6 is 0 Å². The quantitative estimate of drug-likeness (QED) is 0.745. The number of likely N-dealkylation sites (N-methyl/N-ethyl adjacent to an activating group) is 1. The summed E-state index contributed by atoms with van der Waals surface area (Å²) in [6.07, 6.45) is 9.72. The van der Waals surface area contributed by atoms with Gasteiger partial charge in [-0.25, -0.2) is 0 Å². The van der Waals surface area contributed by atoms with E-state index in [0.29, 0.717) is 0 Å². The van der Waals surface area contributed by atoms with E-state index in [9.17, 15) is 0 Å². The van der Waals surface area contributed by atoms with Crippen LogP contribution in [0.4, 0.5) is 0 Å². The predicted octanol–water partition coefficient (Wildman–Crippen LogP) is 1.87. The molecule has 2 aliphatic rings. The third-order valence-electron chi connectivity index (χ3n) is 4.81. The smallest absolute Gasteiger partial charge is 0.0575 e. The minimum atomic E-state index is 0.787. The largest absolute Gasteiger partial charge is 0.317 e. The van der Waals surface area contributed by atoms with Crippen LogP contribution in [0.15, 0.2) is 0 Å². The van der Waals surface area contributed by atoms with Gasteiger partial charge in [0, 0.05) is 32.2 Å². The van der Waals surface area contributed by atoms with E-state index in [-0.39, 0.29) is 0 Å². The summed E-state index contributed by atoms with van der Waals surface area (Å²) < 4.78 is 0. The lowest BCUT2D eigenvalue weighted by Gasteiger charge is -2.42. The van der Waals surface area contributed by atoms with Crippen LogP contribution in [0.3, 0.4) is 0 Å². The van der Waals surface area contributed by atoms with Crippen molar-refractivity contribution >= 4 is 0 Å². The average Bonchev–Trinajstić information content (AvgIpc) is 2.49. The van der Waals surface area contributed by atoms with Crippen LogP contribution in [0.5, 0.6) is 0 Å². The molecule has 0 spiro atoms. The Morgan fingerprint density at radius 2 is 1.58 bits per heavy atom. The third kappa shape index (κ3) is 4.71. The molecule has 0 amide bonds. The molecule has 0 radical (unpaired) electrons. The van der Waals surface area contributed by atoms with Crippen molar-refractivity contribution in [2.45, 2.75) is 57.0 Å². The summed E-state index contributed by atoms with van der Waals surface area (Å²) in [5, 5.41) is 5.44. The molecule has 1 saturated heterocycles. The Morgan fingerprint density at radius 3 is 2.21 bits per heavy atom. The molecule has 0 unspecified atom stereocenters. The summed E-state index contributed by atoms with van der Waals surface area (Å²) >= 11 is 0. The first-order valence-electron chi connectivity index (χ1n) is 8.03. The van der Waals surface area contributed by atoms with Crippen LogP contribution in [0, 0.1) is 0 Å². The molecule has 2 rings (SSSR count). The number of hydrogen-bond acceptors (Lipinski definition) is 4. The second-order valence-electron chi connectivity index (χ2n) is 6.04. The second kappa shape index (κ2) is 8.20. The van der Waals surface area contributed by atoms with Crippen LogP contribution < -0.4 is 5.32 Å². The van der Waals surface area contributed by atoms with Crippen molar-refractivity contribution in [3.8, 4) is 0 Å². The fourth-order valence-corrected chi connectivity index (χ4v) is 3.56. The fraction of sp³-hybridized carbons (Fsp3) is 1.00. The molecule has 4 heteroatoms. The van der Waals surface area contributed by atoms with Gasteiger partial charge in [-0.3, -0.25) is 4.90 Å². The highest BCUT2D eigenvalue weighted by Crippen LogP contribution is 2.26. The van der Waals surface area contributed by atoms with E-state index in [1.807, 2.05) is 12.1 Å². The van der Waals surface area contributed by atoms with E-state index in [1.165, 1.54) is 58.0 Å². The predicted molar refractivity (Wildman–Crippen MR) is 79.1 cm³/mol. The van der Waals surface area contributed by atoms with Crippen LogP contribution in [0.2, 0.25) is 0 Å². The summed E-state index contributed by atoms with van der Waals surface area (Å²) in [5.74, 6) is 0. The van der Waals surface area contributed by atoms with Gasteiger partial charge < -0.3 is 10.2 Å². The Morgan fingerprint density at radius 1 is 0.947 bits per heavy atom. The first-order chi connectivity index (χ1) is 9.31. The van der Waals surface area contributed by atoms with E-state index in [0.717, 1.165) is 25.2 Å². The monoisotopic (exact) mass is 269 g/mol. The Labute approximate surface area is 118 Å². The highest BCUT2D eigenvalue weighted by atomic mass is 16.7. The summed E-state index contributed by atoms with van der Waals surface area (Å²) in [6, 6.07) is 1.61.